The number of aryl methyl sites for hydroxylation is 1. The molecule has 0 saturated carbocycles. The zero-order valence-corrected chi connectivity index (χ0v) is 35.5. The lowest BCUT2D eigenvalue weighted by atomic mass is 9.92. The Labute approximate surface area is 330 Å². The first-order valence-corrected chi connectivity index (χ1v) is 19.2. The molecule has 0 fully saturated rings. The highest BCUT2D eigenvalue weighted by atomic mass is 32.1. The molecule has 290 valence electrons. The van der Waals surface area contributed by atoms with E-state index in [1.807, 2.05) is 90.1 Å². The Hall–Kier alpha value is -5.11. The van der Waals surface area contributed by atoms with E-state index in [1.54, 1.807) is 13.8 Å². The fourth-order valence-electron chi connectivity index (χ4n) is 6.03. The number of nitrogen functional groups attached to an aromatic ring is 1. The number of hydrogen-bond acceptors (Lipinski definition) is 6. The van der Waals surface area contributed by atoms with Crippen molar-refractivity contribution in [1.29, 1.82) is 5.41 Å². The standard InChI is InChI=1S/C38H36N2O2.C2H5NS.3C2H6.CH5N/c1-23(31-14-6-12-28-13-8-16-34(40)38(28)31)17-18-29-19-20-30(37(29)36(25(3)41)26(4)42)21-22-33(39)32-15-7-11-27-10-5-9-24(2)35(27)32;1-2(3)4;4*1-2/h5-18,21-22,39,41H,19-20,40H2,1-4H3;1H3,(H2,3,4);3*1-2H3;2H2,1H3/b22-21?,23-17+,29-18+,36-25?,39-33?;;;;;. The molecule has 0 aromatic heterocycles. The predicted molar refractivity (Wildman–Crippen MR) is 244 cm³/mol. The van der Waals surface area contributed by atoms with E-state index in [9.17, 15) is 9.90 Å². The van der Waals surface area contributed by atoms with Crippen molar-refractivity contribution in [1.82, 2.24) is 0 Å². The van der Waals surface area contributed by atoms with Crippen molar-refractivity contribution in [2.75, 3.05) is 12.8 Å². The third kappa shape index (κ3) is 13.4. The number of carbonyl (C=O) groups is 1. The van der Waals surface area contributed by atoms with Crippen molar-refractivity contribution in [2.45, 2.75) is 89.0 Å². The third-order valence-electron chi connectivity index (χ3n) is 8.02. The highest BCUT2D eigenvalue weighted by Crippen LogP contribution is 2.39. The van der Waals surface area contributed by atoms with Gasteiger partial charge in [0.15, 0.2) is 5.78 Å². The monoisotopic (exact) mass is 748 g/mol. The molecule has 0 radical (unpaired) electrons. The lowest BCUT2D eigenvalue weighted by molar-refractivity contribution is -0.113. The number of nitrogens with one attached hydrogen (secondary N) is 1. The Kier molecular flexibility index (Phi) is 23.4. The number of fused-ring (bicyclic) bond motifs is 2. The summed E-state index contributed by atoms with van der Waals surface area (Å²) in [7, 11) is 1.50. The molecular weight excluding hydrogens is 685 g/mol. The Bertz CT molecular complexity index is 2010. The Balaban J connectivity index is 0.00000210. The quantitative estimate of drug-likeness (QED) is 0.0419. The number of hydrogen-bond donors (Lipinski definition) is 5. The molecule has 0 saturated heterocycles. The molecule has 0 aliphatic heterocycles. The molecule has 0 bridgehead atoms. The van der Waals surface area contributed by atoms with Gasteiger partial charge in [-0.05, 0) is 116 Å². The molecule has 4 aromatic rings. The molecule has 0 atom stereocenters. The molecule has 1 aliphatic rings. The SMILES string of the molecule is CC.CC.CC.CC(=O)C(=C(C)O)C1=C(C=CC(=N)c2cccc3cccc(C)c23)CC/C1=C\C=C(/C)c1cccc2cccc(N)c12.CC(N)=S.CN. The van der Waals surface area contributed by atoms with Crippen molar-refractivity contribution in [3.8, 4) is 0 Å². The number of allylic oxidation sites excluding steroid dienone is 10. The molecule has 54 heavy (non-hydrogen) atoms. The number of thiocarbonyl (C=S) groups is 1. The van der Waals surface area contributed by atoms with Gasteiger partial charge in [-0.3, -0.25) is 4.79 Å². The van der Waals surface area contributed by atoms with E-state index in [-0.39, 0.29) is 11.5 Å². The molecule has 7 heteroatoms. The van der Waals surface area contributed by atoms with Gasteiger partial charge in [0.1, 0.15) is 5.76 Å². The molecule has 0 amide bonds. The van der Waals surface area contributed by atoms with Crippen molar-refractivity contribution >= 4 is 61.5 Å². The topological polar surface area (TPSA) is 139 Å². The summed E-state index contributed by atoms with van der Waals surface area (Å²) < 4.78 is 0. The van der Waals surface area contributed by atoms with Crippen LogP contribution in [0, 0.1) is 12.3 Å². The van der Waals surface area contributed by atoms with Gasteiger partial charge < -0.3 is 27.7 Å². The molecule has 0 heterocycles. The Morgan fingerprint density at radius 1 is 0.778 bits per heavy atom. The molecule has 6 nitrogen and oxygen atoms in total. The lowest BCUT2D eigenvalue weighted by Crippen LogP contribution is -2.05. The normalized spacial score (nSPS) is 13.1. The van der Waals surface area contributed by atoms with Crippen LogP contribution in [0.25, 0.3) is 27.1 Å². The average Bonchev–Trinajstić information content (AvgIpc) is 3.56. The molecule has 4 aromatic carbocycles. The van der Waals surface area contributed by atoms with E-state index in [2.05, 4.69) is 80.3 Å². The first kappa shape index (κ1) is 48.9. The highest BCUT2D eigenvalue weighted by molar-refractivity contribution is 7.80. The average molecular weight is 749 g/mol. The number of carbonyl (C=O) groups excluding carboxylic acids is 1. The number of aliphatic hydroxyl groups excluding tert-OH is 1. The lowest BCUT2D eigenvalue weighted by Gasteiger charge is -2.12. The Morgan fingerprint density at radius 3 is 1.78 bits per heavy atom. The van der Waals surface area contributed by atoms with E-state index >= 15 is 0 Å². The van der Waals surface area contributed by atoms with Crippen LogP contribution >= 0.6 is 12.2 Å². The molecular formula is C47H64N4O2S. The van der Waals surface area contributed by atoms with E-state index < -0.39 is 0 Å². The summed E-state index contributed by atoms with van der Waals surface area (Å²) in [6.45, 7) is 20.8. The van der Waals surface area contributed by atoms with E-state index in [0.29, 0.717) is 22.7 Å². The van der Waals surface area contributed by atoms with E-state index in [0.717, 1.165) is 72.6 Å². The number of anilines is 1. The van der Waals surface area contributed by atoms with Gasteiger partial charge >= 0.3 is 0 Å². The van der Waals surface area contributed by atoms with Gasteiger partial charge in [-0.1, -0.05) is 139 Å². The van der Waals surface area contributed by atoms with Gasteiger partial charge in [0.05, 0.1) is 16.3 Å². The van der Waals surface area contributed by atoms with Gasteiger partial charge in [-0.25, -0.2) is 0 Å². The molecule has 0 spiro atoms. The van der Waals surface area contributed by atoms with Crippen LogP contribution in [0.15, 0.2) is 125 Å². The van der Waals surface area contributed by atoms with Gasteiger partial charge in [-0.2, -0.15) is 0 Å². The van der Waals surface area contributed by atoms with Crippen LogP contribution in [0.1, 0.15) is 98.8 Å². The number of rotatable bonds is 7. The second-order valence-corrected chi connectivity index (χ2v) is 12.2. The van der Waals surface area contributed by atoms with Crippen LogP contribution in [0.2, 0.25) is 0 Å². The van der Waals surface area contributed by atoms with E-state index in [1.165, 1.54) is 14.0 Å². The first-order valence-electron chi connectivity index (χ1n) is 18.8. The summed E-state index contributed by atoms with van der Waals surface area (Å²) in [6, 6.07) is 24.3. The van der Waals surface area contributed by atoms with Crippen molar-refractivity contribution in [3.63, 3.8) is 0 Å². The number of aliphatic hydroxyl groups is 1. The summed E-state index contributed by atoms with van der Waals surface area (Å²) in [5.74, 6) is -0.190. The maximum absolute atomic E-state index is 12.8. The number of ketones is 1. The molecule has 8 N–H and O–H groups in total. The zero-order chi connectivity index (χ0) is 41.5. The number of Topliss-reactive ketones (excluding diaryl/α,β-unsaturated/α-hetero) is 1. The van der Waals surface area contributed by atoms with Crippen LogP contribution in [-0.4, -0.2) is 28.6 Å². The van der Waals surface area contributed by atoms with E-state index in [4.69, 9.17) is 16.9 Å². The molecule has 0 unspecified atom stereocenters. The molecule has 1 aliphatic carbocycles. The maximum atomic E-state index is 12.8. The minimum Gasteiger partial charge on any atom is -0.512 e. The van der Waals surface area contributed by atoms with Crippen molar-refractivity contribution in [2.24, 2.45) is 11.5 Å². The van der Waals surface area contributed by atoms with Crippen LogP contribution in [-0.2, 0) is 4.79 Å². The third-order valence-corrected chi connectivity index (χ3v) is 8.02. The predicted octanol–water partition coefficient (Wildman–Crippen LogP) is 12.3. The first-order chi connectivity index (χ1) is 25.9. The van der Waals surface area contributed by atoms with Gasteiger partial charge in [-0.15, -0.1) is 0 Å². The van der Waals surface area contributed by atoms with Gasteiger partial charge in [0.2, 0.25) is 0 Å². The summed E-state index contributed by atoms with van der Waals surface area (Å²) in [6.07, 6.45) is 9.29. The minimum absolute atomic E-state index is 0.00140. The second kappa shape index (κ2) is 25.8. The van der Waals surface area contributed by atoms with Crippen LogP contribution in [0.3, 0.4) is 0 Å². The Morgan fingerprint density at radius 2 is 1.26 bits per heavy atom. The number of benzene rings is 4. The minimum atomic E-state index is -0.189. The van der Waals surface area contributed by atoms with Crippen LogP contribution < -0.4 is 17.2 Å². The largest absolute Gasteiger partial charge is 0.512 e. The molecule has 5 rings (SSSR count). The summed E-state index contributed by atoms with van der Waals surface area (Å²) in [5, 5.41) is 23.8. The zero-order valence-electron chi connectivity index (χ0n) is 34.6. The van der Waals surface area contributed by atoms with Gasteiger partial charge in [0.25, 0.3) is 0 Å². The van der Waals surface area contributed by atoms with Crippen molar-refractivity contribution in [3.05, 3.63) is 142 Å². The smallest absolute Gasteiger partial charge is 0.163 e. The fraction of sp³-hybridized carbons (Fsp3) is 0.298. The highest BCUT2D eigenvalue weighted by Gasteiger charge is 2.25. The maximum Gasteiger partial charge on any atom is 0.163 e. The summed E-state index contributed by atoms with van der Waals surface area (Å²) >= 11 is 4.31. The summed E-state index contributed by atoms with van der Waals surface area (Å²) in [4.78, 5) is 13.3. The number of nitrogens with two attached hydrogens (primary N) is 3. The van der Waals surface area contributed by atoms with Crippen molar-refractivity contribution < 1.29 is 9.90 Å². The summed E-state index contributed by atoms with van der Waals surface area (Å²) in [5.41, 5.74) is 23.9. The van der Waals surface area contributed by atoms with Crippen LogP contribution in [0.5, 0.6) is 0 Å². The fourth-order valence-corrected chi connectivity index (χ4v) is 6.03. The second-order valence-electron chi connectivity index (χ2n) is 11.5. The van der Waals surface area contributed by atoms with Gasteiger partial charge in [0, 0.05) is 16.6 Å². The van der Waals surface area contributed by atoms with Crippen LogP contribution in [0.4, 0.5) is 5.69 Å².